The lowest BCUT2D eigenvalue weighted by molar-refractivity contribution is -0.116. The standard InChI is InChI=1S/C29H36N4O3S/c1-3-8-25-12-14-28(15-13-25)37(35,36)32-17-7-18-33(24(2)34)29-11-5-4-10-27(29)23-31(19-20-32)22-26-9-6-16-30-21-26/h4-6,9-16,21H,3,7-8,17-20,22-23H2,1-2H3. The van der Waals surface area contributed by atoms with E-state index in [0.717, 1.165) is 35.2 Å². The molecule has 0 atom stereocenters. The maximum absolute atomic E-state index is 13.7. The molecule has 0 unspecified atom stereocenters. The quantitative estimate of drug-likeness (QED) is 0.479. The van der Waals surface area contributed by atoms with Crippen molar-refractivity contribution in [3.05, 3.63) is 89.7 Å². The molecule has 0 radical (unpaired) electrons. The number of pyridine rings is 1. The minimum Gasteiger partial charge on any atom is -0.312 e. The van der Waals surface area contributed by atoms with Gasteiger partial charge in [0.05, 0.1) is 4.90 Å². The first-order valence-electron chi connectivity index (χ1n) is 12.9. The number of aryl methyl sites for hydroxylation is 1. The summed E-state index contributed by atoms with van der Waals surface area (Å²) < 4.78 is 29.0. The highest BCUT2D eigenvalue weighted by atomic mass is 32.2. The molecule has 3 aromatic rings. The van der Waals surface area contributed by atoms with Crippen molar-refractivity contribution in [2.24, 2.45) is 0 Å². The van der Waals surface area contributed by atoms with Crippen molar-refractivity contribution in [1.82, 2.24) is 14.2 Å². The highest BCUT2D eigenvalue weighted by Crippen LogP contribution is 2.25. The molecule has 0 saturated carbocycles. The molecule has 0 N–H and O–H groups in total. The molecule has 1 aromatic heterocycles. The molecular weight excluding hydrogens is 484 g/mol. The number of rotatable bonds is 6. The summed E-state index contributed by atoms with van der Waals surface area (Å²) in [6.07, 6.45) is 6.07. The van der Waals surface area contributed by atoms with Gasteiger partial charge in [-0.1, -0.05) is 49.7 Å². The Morgan fingerprint density at radius 1 is 0.919 bits per heavy atom. The number of anilines is 1. The molecule has 1 aliphatic rings. The summed E-state index contributed by atoms with van der Waals surface area (Å²) in [6, 6.07) is 19.1. The van der Waals surface area contributed by atoms with Crippen LogP contribution in [0.5, 0.6) is 0 Å². The number of benzene rings is 2. The monoisotopic (exact) mass is 520 g/mol. The Morgan fingerprint density at radius 3 is 2.41 bits per heavy atom. The number of fused-ring (bicyclic) bond motifs is 1. The molecule has 2 aromatic carbocycles. The van der Waals surface area contributed by atoms with E-state index >= 15 is 0 Å². The molecule has 0 spiro atoms. The number of carbonyl (C=O) groups excluding carboxylic acids is 1. The zero-order valence-corrected chi connectivity index (χ0v) is 22.5. The molecule has 0 bridgehead atoms. The molecule has 1 amide bonds. The molecule has 7 nitrogen and oxygen atoms in total. The summed E-state index contributed by atoms with van der Waals surface area (Å²) in [6.45, 7) is 6.60. The maximum atomic E-state index is 13.7. The zero-order valence-electron chi connectivity index (χ0n) is 21.7. The van der Waals surface area contributed by atoms with Crippen LogP contribution in [-0.2, 0) is 34.3 Å². The number of carbonyl (C=O) groups is 1. The van der Waals surface area contributed by atoms with Crippen molar-refractivity contribution in [3.63, 3.8) is 0 Å². The van der Waals surface area contributed by atoms with Gasteiger partial charge in [-0.25, -0.2) is 8.42 Å². The lowest BCUT2D eigenvalue weighted by atomic mass is 10.1. The third kappa shape index (κ3) is 6.83. The molecule has 1 aliphatic heterocycles. The summed E-state index contributed by atoms with van der Waals surface area (Å²) >= 11 is 0. The van der Waals surface area contributed by atoms with Gasteiger partial charge in [0.1, 0.15) is 0 Å². The molecule has 4 rings (SSSR count). The first kappa shape index (κ1) is 27.0. The van der Waals surface area contributed by atoms with Gasteiger partial charge in [-0.05, 0) is 53.8 Å². The average Bonchev–Trinajstić information content (AvgIpc) is 2.92. The fourth-order valence-electron chi connectivity index (χ4n) is 4.84. The van der Waals surface area contributed by atoms with E-state index in [2.05, 4.69) is 16.8 Å². The smallest absolute Gasteiger partial charge is 0.243 e. The first-order valence-corrected chi connectivity index (χ1v) is 14.4. The summed E-state index contributed by atoms with van der Waals surface area (Å²) in [5.41, 5.74) is 4.12. The van der Waals surface area contributed by atoms with E-state index in [1.165, 1.54) is 0 Å². The summed E-state index contributed by atoms with van der Waals surface area (Å²) in [4.78, 5) is 21.2. The minimum atomic E-state index is -3.68. The van der Waals surface area contributed by atoms with E-state index < -0.39 is 10.0 Å². The first-order chi connectivity index (χ1) is 17.9. The zero-order chi connectivity index (χ0) is 26.3. The van der Waals surface area contributed by atoms with Crippen LogP contribution in [-0.4, -0.2) is 54.7 Å². The van der Waals surface area contributed by atoms with E-state index in [0.29, 0.717) is 50.6 Å². The van der Waals surface area contributed by atoms with E-state index in [4.69, 9.17) is 0 Å². The highest BCUT2D eigenvalue weighted by molar-refractivity contribution is 7.89. The van der Waals surface area contributed by atoms with Crippen molar-refractivity contribution >= 4 is 21.6 Å². The fraction of sp³-hybridized carbons (Fsp3) is 0.379. The van der Waals surface area contributed by atoms with Gasteiger partial charge in [-0.15, -0.1) is 0 Å². The number of sulfonamides is 1. The van der Waals surface area contributed by atoms with Crippen molar-refractivity contribution < 1.29 is 13.2 Å². The Kier molecular flexibility index (Phi) is 9.08. The van der Waals surface area contributed by atoms with Crippen molar-refractivity contribution in [3.8, 4) is 0 Å². The Hall–Kier alpha value is -3.07. The lowest BCUT2D eigenvalue weighted by Crippen LogP contribution is -2.39. The van der Waals surface area contributed by atoms with E-state index in [-0.39, 0.29) is 5.91 Å². The van der Waals surface area contributed by atoms with Crippen molar-refractivity contribution in [1.29, 1.82) is 0 Å². The third-order valence-electron chi connectivity index (χ3n) is 6.74. The summed E-state index contributed by atoms with van der Waals surface area (Å²) in [5.74, 6) is -0.0496. The normalized spacial score (nSPS) is 16.1. The molecule has 0 aliphatic carbocycles. The van der Waals surface area contributed by atoms with Crippen LogP contribution < -0.4 is 4.90 Å². The fourth-order valence-corrected chi connectivity index (χ4v) is 6.31. The minimum absolute atomic E-state index is 0.0496. The lowest BCUT2D eigenvalue weighted by Gasteiger charge is -2.27. The summed E-state index contributed by atoms with van der Waals surface area (Å²) in [7, 11) is -3.68. The second kappa shape index (κ2) is 12.4. The van der Waals surface area contributed by atoms with Crippen LogP contribution in [0.4, 0.5) is 5.69 Å². The molecule has 2 heterocycles. The Bertz CT molecular complexity index is 1280. The molecule has 8 heteroatoms. The van der Waals surface area contributed by atoms with Gasteiger partial charge in [-0.3, -0.25) is 14.7 Å². The largest absolute Gasteiger partial charge is 0.312 e. The number of aromatic nitrogens is 1. The number of nitrogens with zero attached hydrogens (tertiary/aromatic N) is 4. The van der Waals surface area contributed by atoms with E-state index in [1.54, 1.807) is 34.5 Å². The molecule has 0 saturated heterocycles. The van der Waals surface area contributed by atoms with Crippen LogP contribution in [0.15, 0.2) is 78.0 Å². The predicted molar refractivity (Wildman–Crippen MR) is 147 cm³/mol. The van der Waals surface area contributed by atoms with Crippen LogP contribution >= 0.6 is 0 Å². The van der Waals surface area contributed by atoms with Gasteiger partial charge in [0.2, 0.25) is 15.9 Å². The van der Waals surface area contributed by atoms with Crippen LogP contribution in [0, 0.1) is 0 Å². The van der Waals surface area contributed by atoms with Gasteiger partial charge in [-0.2, -0.15) is 4.31 Å². The third-order valence-corrected chi connectivity index (χ3v) is 8.65. The van der Waals surface area contributed by atoms with Gasteiger partial charge in [0.15, 0.2) is 0 Å². The molecular formula is C29H36N4O3S. The van der Waals surface area contributed by atoms with Gasteiger partial charge < -0.3 is 4.90 Å². The van der Waals surface area contributed by atoms with Gasteiger partial charge in [0.25, 0.3) is 0 Å². The average molecular weight is 521 g/mol. The van der Waals surface area contributed by atoms with Crippen LogP contribution in [0.1, 0.15) is 43.4 Å². The highest BCUT2D eigenvalue weighted by Gasteiger charge is 2.27. The summed E-state index contributed by atoms with van der Waals surface area (Å²) in [5, 5.41) is 0. The van der Waals surface area contributed by atoms with Gasteiger partial charge in [0, 0.05) is 64.3 Å². The van der Waals surface area contributed by atoms with Crippen LogP contribution in [0.2, 0.25) is 0 Å². The van der Waals surface area contributed by atoms with Crippen molar-refractivity contribution in [2.45, 2.75) is 51.1 Å². The maximum Gasteiger partial charge on any atom is 0.243 e. The second-order valence-corrected chi connectivity index (χ2v) is 11.5. The Morgan fingerprint density at radius 2 is 1.70 bits per heavy atom. The number of amides is 1. The topological polar surface area (TPSA) is 73.8 Å². The van der Waals surface area contributed by atoms with Crippen molar-refractivity contribution in [2.75, 3.05) is 31.1 Å². The van der Waals surface area contributed by atoms with Gasteiger partial charge >= 0.3 is 0 Å². The molecule has 196 valence electrons. The second-order valence-electron chi connectivity index (χ2n) is 9.52. The molecule has 37 heavy (non-hydrogen) atoms. The Labute approximate surface area is 220 Å². The van der Waals surface area contributed by atoms with Crippen LogP contribution in [0.3, 0.4) is 0 Å². The predicted octanol–water partition coefficient (Wildman–Crippen LogP) is 4.48. The SMILES string of the molecule is CCCc1ccc(S(=O)(=O)N2CCCN(C(C)=O)c3ccccc3CN(Cc3cccnc3)CC2)cc1. The van der Waals surface area contributed by atoms with E-state index in [9.17, 15) is 13.2 Å². The number of hydrogen-bond donors (Lipinski definition) is 0. The number of hydrogen-bond acceptors (Lipinski definition) is 5. The number of para-hydroxylation sites is 1. The van der Waals surface area contributed by atoms with Crippen LogP contribution in [0.25, 0.3) is 0 Å². The Balaban J connectivity index is 1.66. The molecule has 0 fully saturated rings. The van der Waals surface area contributed by atoms with E-state index in [1.807, 2.05) is 54.7 Å².